The van der Waals surface area contributed by atoms with Gasteiger partial charge in [0.2, 0.25) is 0 Å². The molecule has 0 radical (unpaired) electrons. The molecule has 3 aromatic rings. The summed E-state index contributed by atoms with van der Waals surface area (Å²) in [5, 5.41) is 10.2. The lowest BCUT2D eigenvalue weighted by Crippen LogP contribution is -2.03. The number of phenolic OH excluding ortho intramolecular Hbond substituents is 1. The molecule has 4 nitrogen and oxygen atoms in total. The Morgan fingerprint density at radius 1 is 1.09 bits per heavy atom. The summed E-state index contributed by atoms with van der Waals surface area (Å²) < 4.78 is 10.7. The van der Waals surface area contributed by atoms with Crippen LogP contribution in [0.5, 0.6) is 11.5 Å². The highest BCUT2D eigenvalue weighted by Gasteiger charge is 2.10. The minimum absolute atomic E-state index is 0.0432. The fraction of sp³-hybridized carbons (Fsp3) is 0.167. The molecule has 0 saturated carbocycles. The molecule has 0 aliphatic heterocycles. The molecule has 0 atom stereocenters. The number of aryl methyl sites for hydroxylation is 2. The molecule has 2 aromatic carbocycles. The van der Waals surface area contributed by atoms with E-state index < -0.39 is 0 Å². The SMILES string of the molecule is COc1cc2c(=O)cc(CCc3ccccc3)oc2cc1O. The second-order valence-electron chi connectivity index (χ2n) is 5.08. The van der Waals surface area contributed by atoms with E-state index >= 15 is 0 Å². The molecule has 0 saturated heterocycles. The van der Waals surface area contributed by atoms with Gasteiger partial charge in [-0.25, -0.2) is 0 Å². The Labute approximate surface area is 127 Å². The van der Waals surface area contributed by atoms with Crippen molar-refractivity contribution in [2.24, 2.45) is 0 Å². The molecule has 0 fully saturated rings. The first-order valence-electron chi connectivity index (χ1n) is 7.05. The minimum Gasteiger partial charge on any atom is -0.504 e. The fourth-order valence-corrected chi connectivity index (χ4v) is 2.42. The van der Waals surface area contributed by atoms with Crippen LogP contribution in [0.1, 0.15) is 11.3 Å². The van der Waals surface area contributed by atoms with Crippen molar-refractivity contribution in [3.8, 4) is 11.5 Å². The van der Waals surface area contributed by atoms with Crippen molar-refractivity contribution in [3.63, 3.8) is 0 Å². The summed E-state index contributed by atoms with van der Waals surface area (Å²) >= 11 is 0. The van der Waals surface area contributed by atoms with Crippen molar-refractivity contribution in [2.75, 3.05) is 7.11 Å². The highest BCUT2D eigenvalue weighted by Crippen LogP contribution is 2.30. The van der Waals surface area contributed by atoms with Crippen LogP contribution in [-0.4, -0.2) is 12.2 Å². The molecule has 1 N–H and O–H groups in total. The Morgan fingerprint density at radius 2 is 1.86 bits per heavy atom. The summed E-state index contributed by atoms with van der Waals surface area (Å²) in [5.74, 6) is 0.820. The number of phenols is 1. The molecule has 0 aliphatic carbocycles. The van der Waals surface area contributed by atoms with Gasteiger partial charge in [-0.3, -0.25) is 4.79 Å². The molecule has 3 rings (SSSR count). The molecular formula is C18H16O4. The van der Waals surface area contributed by atoms with Crippen LogP contribution >= 0.6 is 0 Å². The Morgan fingerprint density at radius 3 is 2.59 bits per heavy atom. The highest BCUT2D eigenvalue weighted by molar-refractivity contribution is 5.80. The zero-order chi connectivity index (χ0) is 15.5. The summed E-state index contributed by atoms with van der Waals surface area (Å²) in [4.78, 5) is 12.2. The molecule has 1 heterocycles. The quantitative estimate of drug-likeness (QED) is 0.802. The third-order valence-electron chi connectivity index (χ3n) is 3.58. The Bertz CT molecular complexity index is 850. The Hall–Kier alpha value is -2.75. The van der Waals surface area contributed by atoms with Crippen LogP contribution in [0.2, 0.25) is 0 Å². The van der Waals surface area contributed by atoms with E-state index in [0.29, 0.717) is 23.2 Å². The molecular weight excluding hydrogens is 280 g/mol. The largest absolute Gasteiger partial charge is 0.504 e. The summed E-state index contributed by atoms with van der Waals surface area (Å²) in [7, 11) is 1.44. The van der Waals surface area contributed by atoms with Gasteiger partial charge in [-0.15, -0.1) is 0 Å². The maximum atomic E-state index is 12.2. The zero-order valence-corrected chi connectivity index (χ0v) is 12.2. The lowest BCUT2D eigenvalue weighted by Gasteiger charge is -2.07. The van der Waals surface area contributed by atoms with Crippen molar-refractivity contribution in [1.82, 2.24) is 0 Å². The molecule has 4 heteroatoms. The molecule has 0 amide bonds. The number of fused-ring (bicyclic) bond motifs is 1. The van der Waals surface area contributed by atoms with E-state index in [4.69, 9.17) is 9.15 Å². The van der Waals surface area contributed by atoms with Gasteiger partial charge in [0.15, 0.2) is 16.9 Å². The summed E-state index contributed by atoms with van der Waals surface area (Å²) in [5.41, 5.74) is 1.42. The molecule has 0 spiro atoms. The fourth-order valence-electron chi connectivity index (χ4n) is 2.42. The second kappa shape index (κ2) is 5.93. The van der Waals surface area contributed by atoms with Gasteiger partial charge in [0, 0.05) is 18.6 Å². The van der Waals surface area contributed by atoms with Gasteiger partial charge < -0.3 is 14.3 Å². The van der Waals surface area contributed by atoms with E-state index in [1.54, 1.807) is 0 Å². The van der Waals surface area contributed by atoms with Crippen molar-refractivity contribution < 1.29 is 14.3 Å². The molecule has 0 bridgehead atoms. The van der Waals surface area contributed by atoms with E-state index in [9.17, 15) is 9.90 Å². The van der Waals surface area contributed by atoms with E-state index in [0.717, 1.165) is 6.42 Å². The Balaban J connectivity index is 1.93. The normalized spacial score (nSPS) is 10.8. The van der Waals surface area contributed by atoms with Crippen LogP contribution in [0.15, 0.2) is 57.7 Å². The number of hydrogen-bond acceptors (Lipinski definition) is 4. The third-order valence-corrected chi connectivity index (χ3v) is 3.58. The number of ether oxygens (including phenoxy) is 1. The first-order valence-corrected chi connectivity index (χ1v) is 7.05. The number of aromatic hydroxyl groups is 1. The van der Waals surface area contributed by atoms with Crippen LogP contribution in [-0.2, 0) is 12.8 Å². The second-order valence-corrected chi connectivity index (χ2v) is 5.08. The Kier molecular flexibility index (Phi) is 3.83. The molecule has 22 heavy (non-hydrogen) atoms. The minimum atomic E-state index is -0.136. The van der Waals surface area contributed by atoms with Crippen LogP contribution in [0.3, 0.4) is 0 Å². The van der Waals surface area contributed by atoms with E-state index in [1.165, 1.54) is 30.9 Å². The summed E-state index contributed by atoms with van der Waals surface area (Å²) in [6.45, 7) is 0. The van der Waals surface area contributed by atoms with Gasteiger partial charge in [0.25, 0.3) is 0 Å². The van der Waals surface area contributed by atoms with Crippen LogP contribution in [0, 0.1) is 0 Å². The zero-order valence-electron chi connectivity index (χ0n) is 12.2. The van der Waals surface area contributed by atoms with Crippen molar-refractivity contribution in [3.05, 3.63) is 70.1 Å². The lowest BCUT2D eigenvalue weighted by molar-refractivity contribution is 0.373. The van der Waals surface area contributed by atoms with Crippen molar-refractivity contribution in [2.45, 2.75) is 12.8 Å². The average molecular weight is 296 g/mol. The number of hydrogen-bond donors (Lipinski definition) is 1. The highest BCUT2D eigenvalue weighted by atomic mass is 16.5. The van der Waals surface area contributed by atoms with Gasteiger partial charge in [0.1, 0.15) is 11.3 Å². The third kappa shape index (κ3) is 2.81. The van der Waals surface area contributed by atoms with E-state index in [2.05, 4.69) is 0 Å². The van der Waals surface area contributed by atoms with Gasteiger partial charge in [-0.05, 0) is 18.1 Å². The molecule has 112 valence electrons. The molecule has 0 unspecified atom stereocenters. The smallest absolute Gasteiger partial charge is 0.193 e. The van der Waals surface area contributed by atoms with Gasteiger partial charge >= 0.3 is 0 Å². The topological polar surface area (TPSA) is 59.7 Å². The maximum absolute atomic E-state index is 12.2. The van der Waals surface area contributed by atoms with Gasteiger partial charge in [0.05, 0.1) is 12.5 Å². The summed E-state index contributed by atoms with van der Waals surface area (Å²) in [6.07, 6.45) is 1.42. The van der Waals surface area contributed by atoms with Crippen molar-refractivity contribution in [1.29, 1.82) is 0 Å². The number of rotatable bonds is 4. The van der Waals surface area contributed by atoms with Crippen LogP contribution in [0.4, 0.5) is 0 Å². The number of methoxy groups -OCH3 is 1. The first-order chi connectivity index (χ1) is 10.7. The average Bonchev–Trinajstić information content (AvgIpc) is 2.53. The maximum Gasteiger partial charge on any atom is 0.193 e. The van der Waals surface area contributed by atoms with E-state index in [1.807, 2.05) is 30.3 Å². The molecule has 0 aliphatic rings. The lowest BCUT2D eigenvalue weighted by atomic mass is 10.1. The number of benzene rings is 2. The van der Waals surface area contributed by atoms with E-state index in [-0.39, 0.29) is 16.9 Å². The first kappa shape index (κ1) is 14.2. The predicted octanol–water partition coefficient (Wildman–Crippen LogP) is 3.29. The standard InChI is InChI=1S/C18H16O4/c1-21-18-10-14-15(19)9-13(22-17(14)11-16(18)20)8-7-12-5-3-2-4-6-12/h2-6,9-11,20H,7-8H2,1H3. The molecule has 1 aromatic heterocycles. The van der Waals surface area contributed by atoms with Gasteiger partial charge in [-0.2, -0.15) is 0 Å². The monoisotopic (exact) mass is 296 g/mol. The van der Waals surface area contributed by atoms with Crippen LogP contribution in [0.25, 0.3) is 11.0 Å². The van der Waals surface area contributed by atoms with Gasteiger partial charge in [-0.1, -0.05) is 30.3 Å². The van der Waals surface area contributed by atoms with Crippen molar-refractivity contribution >= 4 is 11.0 Å². The van der Waals surface area contributed by atoms with Crippen LogP contribution < -0.4 is 10.2 Å². The summed E-state index contributed by atoms with van der Waals surface area (Å²) in [6, 6.07) is 14.4. The predicted molar refractivity (Wildman–Crippen MR) is 84.6 cm³/mol.